The Morgan fingerprint density at radius 3 is 3.04 bits per heavy atom. The van der Waals surface area contributed by atoms with Gasteiger partial charge in [0.1, 0.15) is 12.1 Å². The number of fused-ring (bicyclic) bond motifs is 1. The van der Waals surface area contributed by atoms with Crippen molar-refractivity contribution in [1.29, 1.82) is 0 Å². The molecule has 2 aliphatic heterocycles. The second-order valence-electron chi connectivity index (χ2n) is 7.36. The van der Waals surface area contributed by atoms with Crippen molar-refractivity contribution in [2.75, 3.05) is 24.7 Å². The molecule has 3 unspecified atom stereocenters. The molecule has 4 rings (SSSR count). The molecule has 0 amide bonds. The molecule has 2 aromatic rings. The van der Waals surface area contributed by atoms with Crippen molar-refractivity contribution < 1.29 is 9.84 Å². The van der Waals surface area contributed by atoms with Crippen LogP contribution >= 0.6 is 0 Å². The minimum Gasteiger partial charge on any atom is -0.390 e. The number of anilines is 1. The third-order valence-corrected chi connectivity index (χ3v) is 5.74. The Labute approximate surface area is 142 Å². The largest absolute Gasteiger partial charge is 0.390 e. The van der Waals surface area contributed by atoms with Gasteiger partial charge < -0.3 is 14.7 Å². The van der Waals surface area contributed by atoms with Gasteiger partial charge in [-0.05, 0) is 44.7 Å². The van der Waals surface area contributed by atoms with Gasteiger partial charge in [-0.2, -0.15) is 0 Å². The lowest BCUT2D eigenvalue weighted by Crippen LogP contribution is -2.52. The first-order valence-electron chi connectivity index (χ1n) is 8.85. The van der Waals surface area contributed by atoms with E-state index >= 15 is 0 Å². The molecule has 2 fully saturated rings. The number of aryl methyl sites for hydroxylation is 1. The van der Waals surface area contributed by atoms with Crippen LogP contribution in [0.2, 0.25) is 0 Å². The van der Waals surface area contributed by atoms with Crippen LogP contribution in [0.1, 0.15) is 31.7 Å². The Morgan fingerprint density at radius 1 is 1.33 bits per heavy atom. The fourth-order valence-electron chi connectivity index (χ4n) is 4.33. The van der Waals surface area contributed by atoms with Crippen molar-refractivity contribution >= 4 is 16.7 Å². The first-order valence-corrected chi connectivity index (χ1v) is 8.85. The molecule has 5 heteroatoms. The zero-order chi connectivity index (χ0) is 16.7. The summed E-state index contributed by atoms with van der Waals surface area (Å²) in [5, 5.41) is 12.0. The van der Waals surface area contributed by atoms with Gasteiger partial charge in [-0.1, -0.05) is 12.1 Å². The maximum absolute atomic E-state index is 10.9. The van der Waals surface area contributed by atoms with Gasteiger partial charge in [0.25, 0.3) is 0 Å². The molecule has 1 N–H and O–H groups in total. The quantitative estimate of drug-likeness (QED) is 0.919. The fourth-order valence-corrected chi connectivity index (χ4v) is 4.33. The van der Waals surface area contributed by atoms with Crippen molar-refractivity contribution in [3.63, 3.8) is 0 Å². The molecule has 3 atom stereocenters. The number of ether oxygens (including phenoxy) is 1. The maximum Gasteiger partial charge on any atom is 0.140 e. The molecule has 0 aliphatic carbocycles. The van der Waals surface area contributed by atoms with Gasteiger partial charge in [-0.15, -0.1) is 0 Å². The molecule has 128 valence electrons. The molecule has 0 bridgehead atoms. The van der Waals surface area contributed by atoms with Gasteiger partial charge in [-0.3, -0.25) is 0 Å². The second-order valence-corrected chi connectivity index (χ2v) is 7.36. The summed E-state index contributed by atoms with van der Waals surface area (Å²) >= 11 is 0. The van der Waals surface area contributed by atoms with E-state index in [-0.39, 0.29) is 12.0 Å². The summed E-state index contributed by atoms with van der Waals surface area (Å²) in [6.45, 7) is 6.31. The van der Waals surface area contributed by atoms with E-state index in [1.165, 1.54) is 5.56 Å². The SMILES string of the molecule is Cc1cccc2ncnc(N3CCCC3C3COCCC3(C)O)c12. The molecule has 0 spiro atoms. The summed E-state index contributed by atoms with van der Waals surface area (Å²) in [6, 6.07) is 6.45. The smallest absolute Gasteiger partial charge is 0.140 e. The van der Waals surface area contributed by atoms with E-state index in [9.17, 15) is 5.11 Å². The molecular weight excluding hydrogens is 302 g/mol. The summed E-state index contributed by atoms with van der Waals surface area (Å²) in [5.41, 5.74) is 1.50. The molecule has 0 radical (unpaired) electrons. The van der Waals surface area contributed by atoms with Gasteiger partial charge in [0, 0.05) is 30.5 Å². The highest BCUT2D eigenvalue weighted by molar-refractivity contribution is 5.92. The van der Waals surface area contributed by atoms with Gasteiger partial charge in [0.15, 0.2) is 0 Å². The number of rotatable bonds is 2. The molecule has 0 saturated carbocycles. The van der Waals surface area contributed by atoms with Crippen molar-refractivity contribution in [2.24, 2.45) is 5.92 Å². The number of nitrogens with zero attached hydrogens (tertiary/aromatic N) is 3. The van der Waals surface area contributed by atoms with Crippen molar-refractivity contribution in [3.05, 3.63) is 30.1 Å². The van der Waals surface area contributed by atoms with Crippen LogP contribution in [-0.2, 0) is 4.74 Å². The first-order chi connectivity index (χ1) is 11.6. The predicted molar refractivity (Wildman–Crippen MR) is 94.2 cm³/mol. The third kappa shape index (κ3) is 2.56. The van der Waals surface area contributed by atoms with E-state index < -0.39 is 5.60 Å². The Balaban J connectivity index is 1.76. The standard InChI is InChI=1S/C19H25N3O2/c1-13-5-3-6-15-17(13)18(21-12-20-15)22-9-4-7-16(22)14-11-24-10-8-19(14,2)23/h3,5-6,12,14,16,23H,4,7-11H2,1-2H3. The van der Waals surface area contributed by atoms with Gasteiger partial charge in [0.2, 0.25) is 0 Å². The number of hydrogen-bond donors (Lipinski definition) is 1. The molecule has 2 saturated heterocycles. The summed E-state index contributed by atoms with van der Waals surface area (Å²) in [7, 11) is 0. The zero-order valence-corrected chi connectivity index (χ0v) is 14.4. The number of benzene rings is 1. The first kappa shape index (κ1) is 15.8. The van der Waals surface area contributed by atoms with Gasteiger partial charge in [0.05, 0.1) is 17.7 Å². The lowest BCUT2D eigenvalue weighted by molar-refractivity contribution is -0.108. The maximum atomic E-state index is 10.9. The number of aliphatic hydroxyl groups is 1. The molecule has 1 aromatic heterocycles. The zero-order valence-electron chi connectivity index (χ0n) is 14.4. The topological polar surface area (TPSA) is 58.5 Å². The van der Waals surface area contributed by atoms with Crippen LogP contribution < -0.4 is 4.90 Å². The van der Waals surface area contributed by atoms with Crippen molar-refractivity contribution in [1.82, 2.24) is 9.97 Å². The minimum atomic E-state index is -0.677. The van der Waals surface area contributed by atoms with Crippen molar-refractivity contribution in [2.45, 2.75) is 44.8 Å². The molecule has 5 nitrogen and oxygen atoms in total. The minimum absolute atomic E-state index is 0.114. The van der Waals surface area contributed by atoms with E-state index in [1.54, 1.807) is 6.33 Å². The van der Waals surface area contributed by atoms with Crippen molar-refractivity contribution in [3.8, 4) is 0 Å². The lowest BCUT2D eigenvalue weighted by atomic mass is 9.79. The average molecular weight is 327 g/mol. The number of aromatic nitrogens is 2. The second kappa shape index (κ2) is 5.97. The van der Waals surface area contributed by atoms with Gasteiger partial charge in [-0.25, -0.2) is 9.97 Å². The highest BCUT2D eigenvalue weighted by atomic mass is 16.5. The lowest BCUT2D eigenvalue weighted by Gasteiger charge is -2.43. The van der Waals surface area contributed by atoms with Crippen LogP contribution in [0, 0.1) is 12.8 Å². The Kier molecular flexibility index (Phi) is 3.93. The van der Waals surface area contributed by atoms with E-state index in [2.05, 4.69) is 27.9 Å². The monoisotopic (exact) mass is 327 g/mol. The normalized spacial score (nSPS) is 30.9. The van der Waals surface area contributed by atoms with Crippen LogP contribution in [0.15, 0.2) is 24.5 Å². The third-order valence-electron chi connectivity index (χ3n) is 5.74. The van der Waals surface area contributed by atoms with Crippen LogP contribution in [0.3, 0.4) is 0 Å². The fraction of sp³-hybridized carbons (Fsp3) is 0.579. The summed E-state index contributed by atoms with van der Waals surface area (Å²) in [6.07, 6.45) is 4.55. The number of hydrogen-bond acceptors (Lipinski definition) is 5. The Hall–Kier alpha value is -1.72. The molecule has 1 aromatic carbocycles. The molecule has 3 heterocycles. The predicted octanol–water partition coefficient (Wildman–Crippen LogP) is 2.69. The highest BCUT2D eigenvalue weighted by Gasteiger charge is 2.44. The summed E-state index contributed by atoms with van der Waals surface area (Å²) < 4.78 is 5.71. The molecule has 24 heavy (non-hydrogen) atoms. The van der Waals surface area contributed by atoms with E-state index in [1.807, 2.05) is 19.1 Å². The Bertz CT molecular complexity index is 741. The highest BCUT2D eigenvalue weighted by Crippen LogP contribution is 2.39. The Morgan fingerprint density at radius 2 is 2.21 bits per heavy atom. The summed E-state index contributed by atoms with van der Waals surface area (Å²) in [5.74, 6) is 1.12. The van der Waals surface area contributed by atoms with Crippen LogP contribution in [-0.4, -0.2) is 46.5 Å². The van der Waals surface area contributed by atoms with E-state index in [0.29, 0.717) is 19.6 Å². The average Bonchev–Trinajstić information content (AvgIpc) is 3.03. The molecule has 2 aliphatic rings. The van der Waals surface area contributed by atoms with Crippen LogP contribution in [0.5, 0.6) is 0 Å². The summed E-state index contributed by atoms with van der Waals surface area (Å²) in [4.78, 5) is 11.4. The van der Waals surface area contributed by atoms with Gasteiger partial charge >= 0.3 is 0 Å². The van der Waals surface area contributed by atoms with Crippen LogP contribution in [0.25, 0.3) is 10.9 Å². The molecular formula is C19H25N3O2. The van der Waals surface area contributed by atoms with Crippen LogP contribution in [0.4, 0.5) is 5.82 Å². The van der Waals surface area contributed by atoms with E-state index in [0.717, 1.165) is 36.1 Å². The van der Waals surface area contributed by atoms with E-state index in [4.69, 9.17) is 4.74 Å².